The minimum atomic E-state index is -0.0383. The molecule has 1 aromatic heterocycles. The van der Waals surface area contributed by atoms with Crippen molar-refractivity contribution in [1.29, 1.82) is 0 Å². The Morgan fingerprint density at radius 3 is 2.23 bits per heavy atom. The number of hydrogen-bond acceptors (Lipinski definition) is 4. The molecule has 1 aliphatic heterocycles. The van der Waals surface area contributed by atoms with Gasteiger partial charge in [-0.2, -0.15) is 0 Å². The molecule has 1 aromatic carbocycles. The lowest BCUT2D eigenvalue weighted by atomic mass is 10.2. The van der Waals surface area contributed by atoms with Crippen molar-refractivity contribution in [3.05, 3.63) is 51.7 Å². The molecule has 1 saturated heterocycles. The fraction of sp³-hybridized carbons (Fsp3) is 0.400. The van der Waals surface area contributed by atoms with Crippen LogP contribution >= 0.6 is 11.3 Å². The summed E-state index contributed by atoms with van der Waals surface area (Å²) in [4.78, 5) is 30.3. The van der Waals surface area contributed by atoms with Crippen LogP contribution in [0.15, 0.2) is 36.4 Å². The Bertz CT molecular complexity index is 762. The lowest BCUT2D eigenvalue weighted by Gasteiger charge is -2.34. The quantitative estimate of drug-likeness (QED) is 0.811. The van der Waals surface area contributed by atoms with Crippen molar-refractivity contribution < 1.29 is 14.3 Å². The summed E-state index contributed by atoms with van der Waals surface area (Å²) in [6.07, 6.45) is 0.979. The van der Waals surface area contributed by atoms with Crippen LogP contribution in [0.1, 0.15) is 27.0 Å². The summed E-state index contributed by atoms with van der Waals surface area (Å²) >= 11 is 1.51. The number of ether oxygens (including phenoxy) is 1. The number of benzene rings is 1. The summed E-state index contributed by atoms with van der Waals surface area (Å²) in [7, 11) is 0. The molecule has 0 atom stereocenters. The summed E-state index contributed by atoms with van der Waals surface area (Å²) in [6, 6.07) is 11.6. The number of aryl methyl sites for hydroxylation is 2. The number of carbonyl (C=O) groups is 2. The highest BCUT2D eigenvalue weighted by molar-refractivity contribution is 7.13. The number of rotatable bonds is 5. The zero-order valence-electron chi connectivity index (χ0n) is 15.2. The van der Waals surface area contributed by atoms with Crippen LogP contribution in [-0.2, 0) is 11.2 Å². The lowest BCUT2D eigenvalue weighted by Crippen LogP contribution is -2.51. The van der Waals surface area contributed by atoms with Crippen LogP contribution < -0.4 is 4.74 Å². The Labute approximate surface area is 158 Å². The molecule has 0 N–H and O–H groups in total. The van der Waals surface area contributed by atoms with Gasteiger partial charge in [0.1, 0.15) is 5.75 Å². The third-order valence-corrected chi connectivity index (χ3v) is 5.55. The van der Waals surface area contributed by atoms with Gasteiger partial charge in [0.2, 0.25) is 0 Å². The Morgan fingerprint density at radius 1 is 1.00 bits per heavy atom. The predicted octanol–water partition coefficient (Wildman–Crippen LogP) is 2.98. The summed E-state index contributed by atoms with van der Waals surface area (Å²) in [5.74, 6) is 0.725. The van der Waals surface area contributed by atoms with E-state index in [-0.39, 0.29) is 18.4 Å². The third kappa shape index (κ3) is 4.43. The van der Waals surface area contributed by atoms with Gasteiger partial charge in [0, 0.05) is 31.1 Å². The molecule has 2 amide bonds. The second-order valence-corrected chi connectivity index (χ2v) is 7.66. The van der Waals surface area contributed by atoms with Crippen molar-refractivity contribution in [3.63, 3.8) is 0 Å². The fourth-order valence-electron chi connectivity index (χ4n) is 2.92. The zero-order chi connectivity index (χ0) is 18.5. The molecule has 0 bridgehead atoms. The molecule has 1 aliphatic rings. The standard InChI is InChI=1S/C20H24N2O3S/c1-3-16-5-7-17(8-6-16)25-14-19(23)21-10-12-22(13-11-21)20(24)18-9-4-15(2)26-18/h4-9H,3,10-14H2,1-2H3. The SMILES string of the molecule is CCc1ccc(OCC(=O)N2CCN(C(=O)c3ccc(C)s3)CC2)cc1. The summed E-state index contributed by atoms with van der Waals surface area (Å²) in [6.45, 7) is 6.35. The predicted molar refractivity (Wildman–Crippen MR) is 103 cm³/mol. The molecular weight excluding hydrogens is 348 g/mol. The number of nitrogens with zero attached hydrogens (tertiary/aromatic N) is 2. The van der Waals surface area contributed by atoms with Gasteiger partial charge in [-0.05, 0) is 43.2 Å². The van der Waals surface area contributed by atoms with Crippen LogP contribution in [0.25, 0.3) is 0 Å². The molecule has 1 fully saturated rings. The summed E-state index contributed by atoms with van der Waals surface area (Å²) < 4.78 is 5.60. The topological polar surface area (TPSA) is 49.9 Å². The number of hydrogen-bond donors (Lipinski definition) is 0. The number of thiophene rings is 1. The molecule has 0 saturated carbocycles. The second kappa shape index (κ2) is 8.36. The summed E-state index contributed by atoms with van der Waals surface area (Å²) in [5, 5.41) is 0. The first-order valence-electron chi connectivity index (χ1n) is 8.92. The summed E-state index contributed by atoms with van der Waals surface area (Å²) in [5.41, 5.74) is 1.24. The van der Waals surface area contributed by atoms with Gasteiger partial charge in [0.05, 0.1) is 4.88 Å². The van der Waals surface area contributed by atoms with Gasteiger partial charge >= 0.3 is 0 Å². The highest BCUT2D eigenvalue weighted by atomic mass is 32.1. The van der Waals surface area contributed by atoms with Crippen molar-refractivity contribution in [2.75, 3.05) is 32.8 Å². The molecule has 6 heteroatoms. The molecule has 0 spiro atoms. The molecule has 138 valence electrons. The number of amides is 2. The molecule has 2 aromatic rings. The maximum absolute atomic E-state index is 12.5. The molecule has 0 radical (unpaired) electrons. The van der Waals surface area contributed by atoms with Crippen LogP contribution in [-0.4, -0.2) is 54.4 Å². The second-order valence-electron chi connectivity index (χ2n) is 6.37. The van der Waals surface area contributed by atoms with Crippen LogP contribution in [0.5, 0.6) is 5.75 Å². The third-order valence-electron chi connectivity index (χ3n) is 4.56. The highest BCUT2D eigenvalue weighted by Gasteiger charge is 2.25. The first-order chi connectivity index (χ1) is 12.6. The molecular formula is C20H24N2O3S. The van der Waals surface area contributed by atoms with Crippen molar-refractivity contribution in [2.45, 2.75) is 20.3 Å². The first kappa shape index (κ1) is 18.5. The van der Waals surface area contributed by atoms with Gasteiger partial charge in [0.25, 0.3) is 11.8 Å². The average Bonchev–Trinajstić information content (AvgIpc) is 3.12. The molecule has 0 unspecified atom stereocenters. The molecule has 0 aliphatic carbocycles. The van der Waals surface area contributed by atoms with E-state index in [1.54, 1.807) is 4.90 Å². The smallest absolute Gasteiger partial charge is 0.264 e. The van der Waals surface area contributed by atoms with Gasteiger partial charge in [-0.15, -0.1) is 11.3 Å². The van der Waals surface area contributed by atoms with E-state index >= 15 is 0 Å². The van der Waals surface area contributed by atoms with Crippen LogP contribution in [0, 0.1) is 6.92 Å². The Balaban J connectivity index is 1.46. The van der Waals surface area contributed by atoms with Gasteiger partial charge in [-0.3, -0.25) is 9.59 Å². The Morgan fingerprint density at radius 2 is 1.65 bits per heavy atom. The molecule has 2 heterocycles. The van der Waals surface area contributed by atoms with Crippen LogP contribution in [0.4, 0.5) is 0 Å². The van der Waals surface area contributed by atoms with Crippen LogP contribution in [0.3, 0.4) is 0 Å². The van der Waals surface area contributed by atoms with E-state index in [0.29, 0.717) is 31.9 Å². The van der Waals surface area contributed by atoms with Crippen LogP contribution in [0.2, 0.25) is 0 Å². The van der Waals surface area contributed by atoms with Crippen molar-refractivity contribution >= 4 is 23.2 Å². The highest BCUT2D eigenvalue weighted by Crippen LogP contribution is 2.18. The lowest BCUT2D eigenvalue weighted by molar-refractivity contribution is -0.134. The van der Waals surface area contributed by atoms with E-state index in [1.165, 1.54) is 16.9 Å². The normalized spacial score (nSPS) is 14.4. The average molecular weight is 372 g/mol. The van der Waals surface area contributed by atoms with E-state index in [0.717, 1.165) is 16.2 Å². The van der Waals surface area contributed by atoms with E-state index in [9.17, 15) is 9.59 Å². The van der Waals surface area contributed by atoms with Gasteiger partial charge in [0.15, 0.2) is 6.61 Å². The Kier molecular flexibility index (Phi) is 5.93. The van der Waals surface area contributed by atoms with Crippen molar-refractivity contribution in [2.24, 2.45) is 0 Å². The molecule has 5 nitrogen and oxygen atoms in total. The van der Waals surface area contributed by atoms with Gasteiger partial charge in [-0.25, -0.2) is 0 Å². The minimum absolute atomic E-state index is 0.0313. The first-order valence-corrected chi connectivity index (χ1v) is 9.73. The van der Waals surface area contributed by atoms with E-state index in [2.05, 4.69) is 6.92 Å². The molecule has 26 heavy (non-hydrogen) atoms. The number of carbonyl (C=O) groups excluding carboxylic acids is 2. The Hall–Kier alpha value is -2.34. The monoisotopic (exact) mass is 372 g/mol. The fourth-order valence-corrected chi connectivity index (χ4v) is 3.76. The maximum Gasteiger partial charge on any atom is 0.264 e. The zero-order valence-corrected chi connectivity index (χ0v) is 16.1. The largest absolute Gasteiger partial charge is 0.484 e. The minimum Gasteiger partial charge on any atom is -0.484 e. The van der Waals surface area contributed by atoms with Crippen molar-refractivity contribution in [1.82, 2.24) is 9.80 Å². The van der Waals surface area contributed by atoms with Gasteiger partial charge < -0.3 is 14.5 Å². The van der Waals surface area contributed by atoms with Gasteiger partial charge in [-0.1, -0.05) is 19.1 Å². The maximum atomic E-state index is 12.5. The number of piperazine rings is 1. The van der Waals surface area contributed by atoms with E-state index in [4.69, 9.17) is 4.74 Å². The van der Waals surface area contributed by atoms with Crippen molar-refractivity contribution in [3.8, 4) is 5.75 Å². The van der Waals surface area contributed by atoms with E-state index in [1.807, 2.05) is 48.2 Å². The van der Waals surface area contributed by atoms with E-state index < -0.39 is 0 Å². The molecule has 3 rings (SSSR count).